The van der Waals surface area contributed by atoms with Gasteiger partial charge in [0, 0.05) is 11.5 Å². The first kappa shape index (κ1) is 31.4. The van der Waals surface area contributed by atoms with E-state index >= 15 is 0 Å². The molecule has 1 aromatic carbocycles. The largest absolute Gasteiger partial charge is 0.508 e. The van der Waals surface area contributed by atoms with Crippen LogP contribution in [-0.2, 0) is 14.3 Å². The first-order chi connectivity index (χ1) is 20.5. The van der Waals surface area contributed by atoms with E-state index in [1.165, 1.54) is 11.6 Å². The van der Waals surface area contributed by atoms with Crippen LogP contribution in [0.2, 0.25) is 0 Å². The van der Waals surface area contributed by atoms with E-state index in [4.69, 9.17) is 4.74 Å². The summed E-state index contributed by atoms with van der Waals surface area (Å²) < 4.78 is 6.18. The molecular formula is C39H54O5. The minimum absolute atomic E-state index is 0.00735. The lowest BCUT2D eigenvalue weighted by molar-refractivity contribution is -0.212. The van der Waals surface area contributed by atoms with Crippen molar-refractivity contribution < 1.29 is 24.5 Å². The molecule has 0 spiro atoms. The van der Waals surface area contributed by atoms with Gasteiger partial charge in [0.25, 0.3) is 0 Å². The lowest BCUT2D eigenvalue weighted by Gasteiger charge is -2.71. The van der Waals surface area contributed by atoms with E-state index in [1.54, 1.807) is 30.3 Å². The molecule has 5 heteroatoms. The van der Waals surface area contributed by atoms with E-state index in [0.29, 0.717) is 11.8 Å². The fourth-order valence-electron chi connectivity index (χ4n) is 11.7. The van der Waals surface area contributed by atoms with Crippen molar-refractivity contribution in [2.24, 2.45) is 50.2 Å². The van der Waals surface area contributed by atoms with Gasteiger partial charge in [0.15, 0.2) is 0 Å². The third kappa shape index (κ3) is 4.53. The Bertz CT molecular complexity index is 1390. The molecule has 44 heavy (non-hydrogen) atoms. The van der Waals surface area contributed by atoms with Crippen molar-refractivity contribution in [3.63, 3.8) is 0 Å². The number of aliphatic carboxylic acids is 1. The number of aromatic hydroxyl groups is 1. The first-order valence-electron chi connectivity index (χ1n) is 17.1. The Balaban J connectivity index is 1.26. The number of esters is 1. The van der Waals surface area contributed by atoms with Gasteiger partial charge in [-0.15, -0.1) is 0 Å². The second-order valence-electron chi connectivity index (χ2n) is 17.4. The molecular weight excluding hydrogens is 548 g/mol. The maximum Gasteiger partial charge on any atom is 0.331 e. The predicted octanol–water partition coefficient (Wildman–Crippen LogP) is 9.20. The van der Waals surface area contributed by atoms with Crippen LogP contribution in [0.3, 0.4) is 0 Å². The molecule has 0 unspecified atom stereocenters. The van der Waals surface area contributed by atoms with Crippen molar-refractivity contribution in [3.05, 3.63) is 47.6 Å². The summed E-state index contributed by atoms with van der Waals surface area (Å²) in [5, 5.41) is 20.2. The maximum absolute atomic E-state index is 13.0. The summed E-state index contributed by atoms with van der Waals surface area (Å²) in [5.74, 6) is 0.409. The van der Waals surface area contributed by atoms with Crippen LogP contribution in [-0.4, -0.2) is 28.3 Å². The van der Waals surface area contributed by atoms with Crippen molar-refractivity contribution in [2.75, 3.05) is 0 Å². The Morgan fingerprint density at radius 2 is 1.55 bits per heavy atom. The quantitative estimate of drug-likeness (QED) is 0.204. The van der Waals surface area contributed by atoms with Crippen molar-refractivity contribution in [1.82, 2.24) is 0 Å². The molecule has 8 atom stereocenters. The first-order valence-corrected chi connectivity index (χ1v) is 17.1. The lowest BCUT2D eigenvalue weighted by atomic mass is 9.33. The van der Waals surface area contributed by atoms with Crippen molar-refractivity contribution in [2.45, 2.75) is 119 Å². The molecule has 5 aliphatic carbocycles. The Labute approximate surface area is 264 Å². The highest BCUT2D eigenvalue weighted by atomic mass is 16.5. The number of ether oxygens (including phenoxy) is 1. The Kier molecular flexibility index (Phi) is 7.30. The number of hydrogen-bond donors (Lipinski definition) is 2. The van der Waals surface area contributed by atoms with Crippen LogP contribution in [0.4, 0.5) is 0 Å². The molecule has 4 fully saturated rings. The molecule has 5 aliphatic rings. The third-order valence-corrected chi connectivity index (χ3v) is 14.6. The SMILES string of the molecule is CC1(C)CC[C@]2(C(=O)O)CC[C@]3(C)C(=CC[C@@H]4[C@@]5(C)CC[C@@H](OC(=O)/C=C\c6ccc(O)cc6)C(C)(C)[C@@H]5CC[C@]43C)[C@@H]2C1. The normalized spacial score (nSPS) is 42.2. The van der Waals surface area contributed by atoms with Crippen LogP contribution in [0.1, 0.15) is 118 Å². The number of rotatable bonds is 4. The Hall–Kier alpha value is -2.56. The smallest absolute Gasteiger partial charge is 0.331 e. The number of phenolic OH excluding ortho intramolecular Hbond substituents is 1. The second kappa shape index (κ2) is 10.2. The molecule has 4 saturated carbocycles. The molecule has 0 bridgehead atoms. The van der Waals surface area contributed by atoms with Crippen LogP contribution in [0.5, 0.6) is 5.75 Å². The zero-order valence-electron chi connectivity index (χ0n) is 28.0. The van der Waals surface area contributed by atoms with Crippen LogP contribution in [0.15, 0.2) is 42.0 Å². The summed E-state index contributed by atoms with van der Waals surface area (Å²) in [6.45, 7) is 16.9. The molecule has 240 valence electrons. The van der Waals surface area contributed by atoms with E-state index in [-0.39, 0.29) is 50.8 Å². The molecule has 0 aliphatic heterocycles. The predicted molar refractivity (Wildman–Crippen MR) is 174 cm³/mol. The van der Waals surface area contributed by atoms with Crippen molar-refractivity contribution in [1.29, 1.82) is 0 Å². The van der Waals surface area contributed by atoms with Gasteiger partial charge in [-0.3, -0.25) is 4.79 Å². The van der Waals surface area contributed by atoms with Gasteiger partial charge in [-0.2, -0.15) is 0 Å². The van der Waals surface area contributed by atoms with Crippen LogP contribution in [0.25, 0.3) is 6.08 Å². The molecule has 0 amide bonds. The summed E-state index contributed by atoms with van der Waals surface area (Å²) in [7, 11) is 0. The average molecular weight is 603 g/mol. The van der Waals surface area contributed by atoms with Gasteiger partial charge >= 0.3 is 11.9 Å². The summed E-state index contributed by atoms with van der Waals surface area (Å²) in [4.78, 5) is 25.9. The second-order valence-corrected chi connectivity index (χ2v) is 17.4. The summed E-state index contributed by atoms with van der Waals surface area (Å²) in [6.07, 6.45) is 15.3. The highest BCUT2D eigenvalue weighted by molar-refractivity contribution is 5.87. The van der Waals surface area contributed by atoms with E-state index in [2.05, 4.69) is 54.5 Å². The summed E-state index contributed by atoms with van der Waals surface area (Å²) in [5.41, 5.74) is 1.98. The molecule has 2 N–H and O–H groups in total. The molecule has 6 rings (SSSR count). The van der Waals surface area contributed by atoms with Gasteiger partial charge in [-0.25, -0.2) is 4.79 Å². The molecule has 0 aromatic heterocycles. The van der Waals surface area contributed by atoms with Crippen LogP contribution < -0.4 is 0 Å². The van der Waals surface area contributed by atoms with Gasteiger partial charge in [0.05, 0.1) is 5.41 Å². The van der Waals surface area contributed by atoms with E-state index in [0.717, 1.165) is 69.8 Å². The van der Waals surface area contributed by atoms with Gasteiger partial charge in [-0.1, -0.05) is 72.2 Å². The molecule has 0 saturated heterocycles. The highest BCUT2D eigenvalue weighted by Gasteiger charge is 2.69. The number of allylic oxidation sites excluding steroid dienone is 2. The molecule has 0 heterocycles. The third-order valence-electron chi connectivity index (χ3n) is 14.6. The standard InChI is InChI=1S/C39H54O5/c1-34(2)20-22-39(33(42)43)23-21-37(6)27(28(39)24-34)13-14-30-36(5)18-17-31(35(3,4)29(36)16-19-38(30,37)7)44-32(41)15-10-25-8-11-26(40)12-9-25/h8-13,15,28-31,40H,14,16-24H2,1-7H3,(H,42,43)/b15-10-/t28-,29-,30+,31+,36-,37+,38+,39-/m0/s1. The number of hydrogen-bond acceptors (Lipinski definition) is 4. The number of carboxylic acid groups (broad SMARTS) is 1. The van der Waals surface area contributed by atoms with Crippen molar-refractivity contribution in [3.8, 4) is 5.75 Å². The number of fused-ring (bicyclic) bond motifs is 7. The van der Waals surface area contributed by atoms with Crippen molar-refractivity contribution >= 4 is 18.0 Å². The van der Waals surface area contributed by atoms with Gasteiger partial charge in [-0.05, 0) is 127 Å². The van der Waals surface area contributed by atoms with Crippen LogP contribution in [0, 0.1) is 50.2 Å². The number of carboxylic acids is 1. The maximum atomic E-state index is 13.0. The van der Waals surface area contributed by atoms with E-state index < -0.39 is 11.4 Å². The summed E-state index contributed by atoms with van der Waals surface area (Å²) in [6, 6.07) is 6.79. The number of benzene rings is 1. The van der Waals surface area contributed by atoms with E-state index in [1.807, 2.05) is 0 Å². The topological polar surface area (TPSA) is 83.8 Å². The minimum Gasteiger partial charge on any atom is -0.508 e. The van der Waals surface area contributed by atoms with Gasteiger partial charge in [0.1, 0.15) is 11.9 Å². The zero-order valence-corrected chi connectivity index (χ0v) is 28.0. The Morgan fingerprint density at radius 1 is 0.864 bits per heavy atom. The van der Waals surface area contributed by atoms with E-state index in [9.17, 15) is 19.8 Å². The fraction of sp³-hybridized carbons (Fsp3) is 0.692. The fourth-order valence-corrected chi connectivity index (χ4v) is 11.7. The zero-order chi connectivity index (χ0) is 31.9. The molecule has 1 aromatic rings. The lowest BCUT2D eigenvalue weighted by Crippen LogP contribution is -2.65. The highest BCUT2D eigenvalue weighted by Crippen LogP contribution is 2.75. The minimum atomic E-state index is -0.605. The summed E-state index contributed by atoms with van der Waals surface area (Å²) >= 11 is 0. The molecule has 5 nitrogen and oxygen atoms in total. The monoisotopic (exact) mass is 602 g/mol. The number of carbonyl (C=O) groups excluding carboxylic acids is 1. The number of phenols is 1. The van der Waals surface area contributed by atoms with Gasteiger partial charge < -0.3 is 14.9 Å². The van der Waals surface area contributed by atoms with Gasteiger partial charge in [0.2, 0.25) is 0 Å². The number of carbonyl (C=O) groups is 2. The van der Waals surface area contributed by atoms with Crippen LogP contribution >= 0.6 is 0 Å². The Morgan fingerprint density at radius 3 is 2.23 bits per heavy atom. The average Bonchev–Trinajstić information content (AvgIpc) is 2.94. The molecule has 0 radical (unpaired) electrons.